The van der Waals surface area contributed by atoms with Crippen molar-refractivity contribution >= 4 is 17.4 Å². The number of anilines is 2. The molecule has 5 nitrogen and oxygen atoms in total. The zero-order valence-electron chi connectivity index (χ0n) is 11.5. The average molecular weight is 271 g/mol. The Morgan fingerprint density at radius 1 is 1.30 bits per heavy atom. The molecule has 0 aliphatic carbocycles. The lowest BCUT2D eigenvalue weighted by Gasteiger charge is -2.10. The second kappa shape index (κ2) is 6.06. The van der Waals surface area contributed by atoms with Crippen LogP contribution in [-0.4, -0.2) is 17.5 Å². The molecule has 1 aromatic heterocycles. The molecule has 2 aromatic rings. The molecule has 1 amide bonds. The summed E-state index contributed by atoms with van der Waals surface area (Å²) >= 11 is 0. The van der Waals surface area contributed by atoms with E-state index >= 15 is 0 Å². The summed E-state index contributed by atoms with van der Waals surface area (Å²) in [6.07, 6.45) is 1.49. The standard InChI is InChI=1S/C15H17N3O2/c1-10-3-4-11(2)13(7-10)20-9-15(19)18-14-6-5-12(16)8-17-14/h3-8H,9,16H2,1-2H3,(H,17,18,19). The summed E-state index contributed by atoms with van der Waals surface area (Å²) in [6, 6.07) is 9.19. The van der Waals surface area contributed by atoms with Gasteiger partial charge in [-0.05, 0) is 43.2 Å². The lowest BCUT2D eigenvalue weighted by atomic mass is 10.1. The smallest absolute Gasteiger partial charge is 0.263 e. The number of aromatic nitrogens is 1. The minimum Gasteiger partial charge on any atom is -0.483 e. The summed E-state index contributed by atoms with van der Waals surface area (Å²) < 4.78 is 5.51. The van der Waals surface area contributed by atoms with Gasteiger partial charge in [-0.1, -0.05) is 12.1 Å². The van der Waals surface area contributed by atoms with E-state index in [-0.39, 0.29) is 12.5 Å². The highest BCUT2D eigenvalue weighted by molar-refractivity contribution is 5.91. The minimum atomic E-state index is -0.261. The Labute approximate surface area is 117 Å². The van der Waals surface area contributed by atoms with Gasteiger partial charge in [-0.3, -0.25) is 4.79 Å². The third-order valence-corrected chi connectivity index (χ3v) is 2.76. The molecule has 0 aliphatic heterocycles. The molecule has 0 unspecified atom stereocenters. The van der Waals surface area contributed by atoms with E-state index in [4.69, 9.17) is 10.5 Å². The van der Waals surface area contributed by atoms with Crippen molar-refractivity contribution in [2.45, 2.75) is 13.8 Å². The van der Waals surface area contributed by atoms with Crippen molar-refractivity contribution in [1.82, 2.24) is 4.98 Å². The van der Waals surface area contributed by atoms with Gasteiger partial charge in [0.15, 0.2) is 6.61 Å². The molecule has 2 rings (SSSR count). The fourth-order valence-corrected chi connectivity index (χ4v) is 1.66. The summed E-state index contributed by atoms with van der Waals surface area (Å²) in [5.74, 6) is 0.905. The number of hydrogen-bond donors (Lipinski definition) is 2. The van der Waals surface area contributed by atoms with Gasteiger partial charge in [0.05, 0.1) is 11.9 Å². The number of aryl methyl sites for hydroxylation is 2. The van der Waals surface area contributed by atoms with Crippen molar-refractivity contribution in [1.29, 1.82) is 0 Å². The van der Waals surface area contributed by atoms with E-state index in [1.807, 2.05) is 32.0 Å². The van der Waals surface area contributed by atoms with E-state index in [9.17, 15) is 4.79 Å². The zero-order chi connectivity index (χ0) is 14.5. The normalized spacial score (nSPS) is 10.1. The number of nitrogens with one attached hydrogen (secondary N) is 1. The first kappa shape index (κ1) is 13.9. The Hall–Kier alpha value is -2.56. The molecule has 0 bridgehead atoms. The number of nitrogens with two attached hydrogens (primary N) is 1. The molecule has 20 heavy (non-hydrogen) atoms. The van der Waals surface area contributed by atoms with Gasteiger partial charge in [-0.15, -0.1) is 0 Å². The first-order chi connectivity index (χ1) is 9.54. The van der Waals surface area contributed by atoms with Crippen molar-refractivity contribution in [2.24, 2.45) is 0 Å². The van der Waals surface area contributed by atoms with Crippen molar-refractivity contribution in [3.63, 3.8) is 0 Å². The van der Waals surface area contributed by atoms with E-state index in [0.717, 1.165) is 11.1 Å². The minimum absolute atomic E-state index is 0.0592. The van der Waals surface area contributed by atoms with E-state index < -0.39 is 0 Å². The topological polar surface area (TPSA) is 77.2 Å². The third-order valence-electron chi connectivity index (χ3n) is 2.76. The number of nitrogens with zero attached hydrogens (tertiary/aromatic N) is 1. The predicted molar refractivity (Wildman–Crippen MR) is 78.7 cm³/mol. The van der Waals surface area contributed by atoms with Crippen LogP contribution in [0.15, 0.2) is 36.5 Å². The van der Waals surface area contributed by atoms with Crippen LogP contribution in [0.25, 0.3) is 0 Å². The number of carbonyl (C=O) groups is 1. The fourth-order valence-electron chi connectivity index (χ4n) is 1.66. The molecule has 0 fully saturated rings. The maximum Gasteiger partial charge on any atom is 0.263 e. The van der Waals surface area contributed by atoms with Crippen LogP contribution >= 0.6 is 0 Å². The number of carbonyl (C=O) groups excluding carboxylic acids is 1. The van der Waals surface area contributed by atoms with Crippen LogP contribution in [0.1, 0.15) is 11.1 Å². The molecule has 0 saturated carbocycles. The molecule has 0 atom stereocenters. The van der Waals surface area contributed by atoms with Crippen LogP contribution in [0.2, 0.25) is 0 Å². The lowest BCUT2D eigenvalue weighted by molar-refractivity contribution is -0.118. The highest BCUT2D eigenvalue weighted by Gasteiger charge is 2.06. The summed E-state index contributed by atoms with van der Waals surface area (Å²) in [5, 5.41) is 2.64. The fraction of sp³-hybridized carbons (Fsp3) is 0.200. The monoisotopic (exact) mass is 271 g/mol. The number of benzene rings is 1. The maximum atomic E-state index is 11.8. The van der Waals surface area contributed by atoms with Gasteiger partial charge in [-0.25, -0.2) is 4.98 Å². The van der Waals surface area contributed by atoms with Crippen molar-refractivity contribution in [3.8, 4) is 5.75 Å². The number of ether oxygens (including phenoxy) is 1. The second-order valence-corrected chi connectivity index (χ2v) is 4.58. The van der Waals surface area contributed by atoms with Gasteiger partial charge in [0.2, 0.25) is 0 Å². The van der Waals surface area contributed by atoms with E-state index in [2.05, 4.69) is 10.3 Å². The Balaban J connectivity index is 1.92. The highest BCUT2D eigenvalue weighted by atomic mass is 16.5. The Morgan fingerprint density at radius 3 is 2.80 bits per heavy atom. The lowest BCUT2D eigenvalue weighted by Crippen LogP contribution is -2.21. The van der Waals surface area contributed by atoms with Gasteiger partial charge in [0, 0.05) is 0 Å². The number of hydrogen-bond acceptors (Lipinski definition) is 4. The van der Waals surface area contributed by atoms with E-state index in [1.54, 1.807) is 12.1 Å². The molecular weight excluding hydrogens is 254 g/mol. The predicted octanol–water partition coefficient (Wildman–Crippen LogP) is 2.30. The molecule has 0 aliphatic rings. The van der Waals surface area contributed by atoms with Crippen molar-refractivity contribution in [3.05, 3.63) is 47.7 Å². The third kappa shape index (κ3) is 3.71. The van der Waals surface area contributed by atoms with Crippen molar-refractivity contribution < 1.29 is 9.53 Å². The Kier molecular flexibility index (Phi) is 4.20. The van der Waals surface area contributed by atoms with Crippen molar-refractivity contribution in [2.75, 3.05) is 17.7 Å². The molecule has 0 radical (unpaired) electrons. The number of pyridine rings is 1. The number of nitrogen functional groups attached to an aromatic ring is 1. The molecule has 104 valence electrons. The summed E-state index contributed by atoms with van der Waals surface area (Å²) in [5.41, 5.74) is 8.16. The highest BCUT2D eigenvalue weighted by Crippen LogP contribution is 2.19. The SMILES string of the molecule is Cc1ccc(C)c(OCC(=O)Nc2ccc(N)cn2)c1. The first-order valence-corrected chi connectivity index (χ1v) is 6.26. The molecule has 0 saturated heterocycles. The van der Waals surface area contributed by atoms with Crippen LogP contribution in [0.5, 0.6) is 5.75 Å². The van der Waals surface area contributed by atoms with Crippen LogP contribution < -0.4 is 15.8 Å². The second-order valence-electron chi connectivity index (χ2n) is 4.58. The van der Waals surface area contributed by atoms with Gasteiger partial charge < -0.3 is 15.8 Å². The molecule has 0 spiro atoms. The van der Waals surface area contributed by atoms with Crippen LogP contribution in [0.3, 0.4) is 0 Å². The first-order valence-electron chi connectivity index (χ1n) is 6.26. The average Bonchev–Trinajstić information content (AvgIpc) is 2.42. The van der Waals surface area contributed by atoms with Gasteiger partial charge in [0.1, 0.15) is 11.6 Å². The van der Waals surface area contributed by atoms with Gasteiger partial charge >= 0.3 is 0 Å². The maximum absolute atomic E-state index is 11.8. The van der Waals surface area contributed by atoms with E-state index in [1.165, 1.54) is 6.20 Å². The quantitative estimate of drug-likeness (QED) is 0.894. The molecule has 1 heterocycles. The van der Waals surface area contributed by atoms with Crippen LogP contribution in [0.4, 0.5) is 11.5 Å². The Morgan fingerprint density at radius 2 is 2.10 bits per heavy atom. The molecule has 1 aromatic carbocycles. The largest absolute Gasteiger partial charge is 0.483 e. The van der Waals surface area contributed by atoms with E-state index in [0.29, 0.717) is 17.3 Å². The summed E-state index contributed by atoms with van der Waals surface area (Å²) in [6.45, 7) is 3.86. The zero-order valence-corrected chi connectivity index (χ0v) is 11.5. The van der Waals surface area contributed by atoms with Gasteiger partial charge in [0.25, 0.3) is 5.91 Å². The summed E-state index contributed by atoms with van der Waals surface area (Å²) in [7, 11) is 0. The van der Waals surface area contributed by atoms with Gasteiger partial charge in [-0.2, -0.15) is 0 Å². The number of amides is 1. The Bertz CT molecular complexity index is 609. The molecule has 3 N–H and O–H groups in total. The molecule has 5 heteroatoms. The molecular formula is C15H17N3O2. The van der Waals surface area contributed by atoms with Crippen LogP contribution in [-0.2, 0) is 4.79 Å². The van der Waals surface area contributed by atoms with Crippen LogP contribution in [0, 0.1) is 13.8 Å². The summed E-state index contributed by atoms with van der Waals surface area (Å²) in [4.78, 5) is 15.8. The number of rotatable bonds is 4.